The van der Waals surface area contributed by atoms with Crippen LogP contribution in [0.3, 0.4) is 0 Å². The molecule has 8 nitrogen and oxygen atoms in total. The van der Waals surface area contributed by atoms with Gasteiger partial charge in [-0.15, -0.1) is 0 Å². The average Bonchev–Trinajstić information content (AvgIpc) is 2.95. The highest BCUT2D eigenvalue weighted by Gasteiger charge is 2.41. The number of nitrogens with zero attached hydrogens (tertiary/aromatic N) is 3. The third-order valence-electron chi connectivity index (χ3n) is 7.64. The van der Waals surface area contributed by atoms with Gasteiger partial charge in [0, 0.05) is 43.4 Å². The van der Waals surface area contributed by atoms with E-state index in [-0.39, 0.29) is 30.8 Å². The molecular formula is C33H38BrN3O5. The Hall–Kier alpha value is -3.64. The predicted octanol–water partition coefficient (Wildman–Crippen LogP) is 6.62. The molecule has 4 rings (SSSR count). The molecule has 0 bridgehead atoms. The van der Waals surface area contributed by atoms with Crippen LogP contribution in [0.2, 0.25) is 0 Å². The molecule has 0 radical (unpaired) electrons. The van der Waals surface area contributed by atoms with E-state index in [9.17, 15) is 14.9 Å². The summed E-state index contributed by atoms with van der Waals surface area (Å²) >= 11 is 3.68. The van der Waals surface area contributed by atoms with Crippen LogP contribution in [-0.4, -0.2) is 49.6 Å². The summed E-state index contributed by atoms with van der Waals surface area (Å²) in [6, 6.07) is 13.6. The van der Waals surface area contributed by atoms with E-state index in [1.165, 1.54) is 4.90 Å². The summed E-state index contributed by atoms with van der Waals surface area (Å²) in [5.41, 5.74) is 3.88. The summed E-state index contributed by atoms with van der Waals surface area (Å²) in [6.45, 7) is 6.51. The Morgan fingerprint density at radius 3 is 2.62 bits per heavy atom. The Morgan fingerprint density at radius 2 is 1.93 bits per heavy atom. The minimum absolute atomic E-state index is 0.0479. The maximum atomic E-state index is 13.5. The van der Waals surface area contributed by atoms with E-state index in [1.54, 1.807) is 20.2 Å². The Bertz CT molecular complexity index is 1440. The molecule has 9 heteroatoms. The largest absolute Gasteiger partial charge is 0.490 e. The number of amides is 1. The quantitative estimate of drug-likeness (QED) is 0.275. The number of carbonyl (C=O) groups excluding carboxylic acids is 2. The lowest BCUT2D eigenvalue weighted by atomic mass is 9.70. The molecule has 3 unspecified atom stereocenters. The molecule has 0 aromatic heterocycles. The van der Waals surface area contributed by atoms with Crippen LogP contribution in [0, 0.1) is 23.2 Å². The van der Waals surface area contributed by atoms with Gasteiger partial charge in [0.25, 0.3) is 5.91 Å². The van der Waals surface area contributed by atoms with E-state index in [2.05, 4.69) is 28.9 Å². The molecule has 0 saturated heterocycles. The lowest BCUT2D eigenvalue weighted by molar-refractivity contribution is -0.130. The molecule has 0 fully saturated rings. The van der Waals surface area contributed by atoms with Gasteiger partial charge in [0.15, 0.2) is 23.9 Å². The van der Waals surface area contributed by atoms with E-state index in [4.69, 9.17) is 19.2 Å². The predicted molar refractivity (Wildman–Crippen MR) is 165 cm³/mol. The third-order valence-corrected chi connectivity index (χ3v) is 8.23. The lowest BCUT2D eigenvalue weighted by Crippen LogP contribution is -2.32. The SMILES string of the molecule is CCCC1CC(=O)C2=C(C1)N=C(C)C(C#N)C2c1cc(Br)c(OCc2cccc(OCC(=O)N(C)C)c2)c(OCC)c1. The summed E-state index contributed by atoms with van der Waals surface area (Å²) in [7, 11) is 3.37. The van der Waals surface area contributed by atoms with Crippen molar-refractivity contribution in [1.29, 1.82) is 5.26 Å². The van der Waals surface area contributed by atoms with Crippen LogP contribution in [0.1, 0.15) is 63.5 Å². The van der Waals surface area contributed by atoms with Crippen LogP contribution < -0.4 is 14.2 Å². The summed E-state index contributed by atoms with van der Waals surface area (Å²) in [5.74, 6) is 0.889. The molecule has 2 aromatic rings. The topological polar surface area (TPSA) is 101 Å². The number of ether oxygens (including phenoxy) is 3. The number of rotatable bonds is 11. The van der Waals surface area contributed by atoms with Gasteiger partial charge in [-0.05, 0) is 83.9 Å². The second kappa shape index (κ2) is 14.0. The summed E-state index contributed by atoms with van der Waals surface area (Å²) in [5, 5.41) is 10.2. The Balaban J connectivity index is 1.62. The molecular weight excluding hydrogens is 598 g/mol. The van der Waals surface area contributed by atoms with Crippen molar-refractivity contribution in [1.82, 2.24) is 4.90 Å². The van der Waals surface area contributed by atoms with Crippen LogP contribution in [0.15, 0.2) is 57.1 Å². The number of benzene rings is 2. The first-order valence-corrected chi connectivity index (χ1v) is 15.2. The first kappa shape index (κ1) is 31.3. The Kier molecular flexibility index (Phi) is 10.4. The fourth-order valence-corrected chi connectivity index (χ4v) is 6.18. The van der Waals surface area contributed by atoms with E-state index >= 15 is 0 Å². The van der Waals surface area contributed by atoms with E-state index in [0.29, 0.717) is 40.3 Å². The van der Waals surface area contributed by atoms with Crippen molar-refractivity contribution in [3.63, 3.8) is 0 Å². The molecule has 2 aromatic carbocycles. The molecule has 1 aliphatic heterocycles. The third kappa shape index (κ3) is 7.04. The number of ketones is 1. The maximum Gasteiger partial charge on any atom is 0.259 e. The van der Waals surface area contributed by atoms with Crippen molar-refractivity contribution in [2.45, 2.75) is 59.0 Å². The normalized spacial score (nSPS) is 19.9. The van der Waals surface area contributed by atoms with Crippen LogP contribution >= 0.6 is 15.9 Å². The summed E-state index contributed by atoms with van der Waals surface area (Å²) in [4.78, 5) is 31.6. The van der Waals surface area contributed by atoms with Gasteiger partial charge in [-0.2, -0.15) is 5.26 Å². The smallest absolute Gasteiger partial charge is 0.259 e. The molecule has 1 aliphatic carbocycles. The number of nitriles is 1. The number of hydrogen-bond acceptors (Lipinski definition) is 7. The highest BCUT2D eigenvalue weighted by Crippen LogP contribution is 2.48. The van der Waals surface area contributed by atoms with Gasteiger partial charge in [-0.25, -0.2) is 0 Å². The second-order valence-corrected chi connectivity index (χ2v) is 11.8. The average molecular weight is 637 g/mol. The molecule has 3 atom stereocenters. The molecule has 42 heavy (non-hydrogen) atoms. The minimum atomic E-state index is -0.550. The number of likely N-dealkylation sites (N-methyl/N-ethyl adjacent to an activating group) is 1. The van der Waals surface area contributed by atoms with Crippen LogP contribution in [0.4, 0.5) is 0 Å². The van der Waals surface area contributed by atoms with Crippen LogP contribution in [0.25, 0.3) is 0 Å². The molecule has 2 aliphatic rings. The zero-order valence-electron chi connectivity index (χ0n) is 24.9. The van der Waals surface area contributed by atoms with Gasteiger partial charge in [-0.3, -0.25) is 14.6 Å². The highest BCUT2D eigenvalue weighted by molar-refractivity contribution is 9.10. The van der Waals surface area contributed by atoms with Gasteiger partial charge in [0.1, 0.15) is 12.4 Å². The molecule has 1 heterocycles. The minimum Gasteiger partial charge on any atom is -0.490 e. The van der Waals surface area contributed by atoms with E-state index < -0.39 is 11.8 Å². The van der Waals surface area contributed by atoms with Crippen molar-refractivity contribution in [3.05, 3.63) is 63.3 Å². The zero-order valence-corrected chi connectivity index (χ0v) is 26.5. The number of allylic oxidation sites excluding steroid dienone is 2. The molecule has 0 saturated carbocycles. The van der Waals surface area contributed by atoms with E-state index in [1.807, 2.05) is 44.2 Å². The van der Waals surface area contributed by atoms with Gasteiger partial charge in [0.2, 0.25) is 0 Å². The number of aliphatic imine (C=N–C) groups is 1. The van der Waals surface area contributed by atoms with Gasteiger partial charge in [-0.1, -0.05) is 25.5 Å². The van der Waals surface area contributed by atoms with Crippen molar-refractivity contribution in [2.75, 3.05) is 27.3 Å². The van der Waals surface area contributed by atoms with Crippen molar-refractivity contribution < 1.29 is 23.8 Å². The number of halogens is 1. The number of Topliss-reactive ketones (excluding diaryl/α,β-unsaturated/α-hetero) is 1. The van der Waals surface area contributed by atoms with Gasteiger partial charge < -0.3 is 19.1 Å². The monoisotopic (exact) mass is 635 g/mol. The first-order chi connectivity index (χ1) is 20.2. The second-order valence-electron chi connectivity index (χ2n) is 11.0. The van der Waals surface area contributed by atoms with Crippen LogP contribution in [-0.2, 0) is 16.2 Å². The van der Waals surface area contributed by atoms with Crippen molar-refractivity contribution in [2.24, 2.45) is 16.8 Å². The summed E-state index contributed by atoms with van der Waals surface area (Å²) < 4.78 is 18.6. The van der Waals surface area contributed by atoms with Crippen LogP contribution in [0.5, 0.6) is 17.2 Å². The van der Waals surface area contributed by atoms with Crippen molar-refractivity contribution in [3.8, 4) is 23.3 Å². The molecule has 0 N–H and O–H groups in total. The summed E-state index contributed by atoms with van der Waals surface area (Å²) in [6.07, 6.45) is 3.25. The zero-order chi connectivity index (χ0) is 30.4. The fraction of sp³-hybridized carbons (Fsp3) is 0.455. The molecule has 1 amide bonds. The number of hydrogen-bond donors (Lipinski definition) is 0. The van der Waals surface area contributed by atoms with E-state index in [0.717, 1.165) is 41.8 Å². The van der Waals surface area contributed by atoms with Gasteiger partial charge in [0.05, 0.1) is 23.1 Å². The Labute approximate surface area is 256 Å². The van der Waals surface area contributed by atoms with Crippen molar-refractivity contribution >= 4 is 33.3 Å². The highest BCUT2D eigenvalue weighted by atomic mass is 79.9. The maximum absolute atomic E-state index is 13.5. The molecule has 0 spiro atoms. The number of carbonyl (C=O) groups is 2. The van der Waals surface area contributed by atoms with Gasteiger partial charge >= 0.3 is 0 Å². The first-order valence-electron chi connectivity index (χ1n) is 14.4. The lowest BCUT2D eigenvalue weighted by Gasteiger charge is -2.35. The fourth-order valence-electron chi connectivity index (χ4n) is 5.60. The molecule has 222 valence electrons. The standard InChI is InChI=1S/C33H38BrN3O5/c1-6-9-21-13-27-32(28(38)14-21)31(25(17-35)20(3)36-27)23-15-26(34)33(29(16-23)40-7-2)42-18-22-10-8-11-24(12-22)41-19-30(39)37(4)5/h8,10-12,15-16,21,25,31H,6-7,9,13-14,18-19H2,1-5H3. The Morgan fingerprint density at radius 1 is 1.14 bits per heavy atom.